The second-order valence-corrected chi connectivity index (χ2v) is 5.53. The molecule has 1 aromatic carbocycles. The molecule has 4 rings (SSSR count). The lowest BCUT2D eigenvalue weighted by molar-refractivity contribution is 0.102. The van der Waals surface area contributed by atoms with E-state index in [0.29, 0.717) is 35.2 Å². The number of anilines is 2. The quantitative estimate of drug-likeness (QED) is 0.730. The molecule has 2 aromatic heterocycles. The smallest absolute Gasteiger partial charge is 0.258 e. The van der Waals surface area contributed by atoms with Crippen LogP contribution in [0, 0.1) is 0 Å². The molecule has 8 nitrogen and oxygen atoms in total. The van der Waals surface area contributed by atoms with Crippen molar-refractivity contribution in [2.24, 2.45) is 0 Å². The summed E-state index contributed by atoms with van der Waals surface area (Å²) in [6.07, 6.45) is 6.40. The summed E-state index contributed by atoms with van der Waals surface area (Å²) in [5.41, 5.74) is 2.03. The summed E-state index contributed by atoms with van der Waals surface area (Å²) in [6, 6.07) is 9.02. The number of aromatic nitrogens is 3. The number of carbonyl (C=O) groups is 1. The Morgan fingerprint density at radius 3 is 2.62 bits per heavy atom. The van der Waals surface area contributed by atoms with Crippen molar-refractivity contribution in [3.8, 4) is 11.5 Å². The maximum Gasteiger partial charge on any atom is 0.258 e. The molecule has 0 bridgehead atoms. The molecule has 0 radical (unpaired) electrons. The third kappa shape index (κ3) is 3.54. The van der Waals surface area contributed by atoms with Gasteiger partial charge in [0.2, 0.25) is 12.7 Å². The Balaban J connectivity index is 1.37. The summed E-state index contributed by atoms with van der Waals surface area (Å²) in [5.74, 6) is 1.41. The van der Waals surface area contributed by atoms with Gasteiger partial charge in [-0.1, -0.05) is 0 Å². The number of pyridine rings is 1. The van der Waals surface area contributed by atoms with Crippen LogP contribution in [0.5, 0.6) is 11.5 Å². The molecule has 0 aliphatic carbocycles. The van der Waals surface area contributed by atoms with Crippen LogP contribution in [0.1, 0.15) is 15.9 Å². The number of fused-ring (bicyclic) bond motifs is 1. The fourth-order valence-electron chi connectivity index (χ4n) is 2.40. The average Bonchev–Trinajstić information content (AvgIpc) is 3.15. The number of amides is 1. The Morgan fingerprint density at radius 2 is 1.81 bits per heavy atom. The first-order valence-corrected chi connectivity index (χ1v) is 7.94. The third-order valence-electron chi connectivity index (χ3n) is 3.74. The number of nitrogens with zero attached hydrogens (tertiary/aromatic N) is 3. The molecular weight excluding hydrogens is 334 g/mol. The van der Waals surface area contributed by atoms with Gasteiger partial charge in [0.15, 0.2) is 11.5 Å². The van der Waals surface area contributed by atoms with Gasteiger partial charge < -0.3 is 20.1 Å². The molecule has 3 aromatic rings. The zero-order valence-electron chi connectivity index (χ0n) is 13.7. The first-order valence-electron chi connectivity index (χ1n) is 7.94. The van der Waals surface area contributed by atoms with Crippen molar-refractivity contribution in [2.45, 2.75) is 6.54 Å². The van der Waals surface area contributed by atoms with Crippen molar-refractivity contribution >= 4 is 17.5 Å². The van der Waals surface area contributed by atoms with Gasteiger partial charge in [0, 0.05) is 43.1 Å². The molecular formula is C18H15N5O3. The highest BCUT2D eigenvalue weighted by atomic mass is 16.7. The second kappa shape index (κ2) is 7.06. The average molecular weight is 349 g/mol. The Hall–Kier alpha value is -3.68. The van der Waals surface area contributed by atoms with Crippen LogP contribution in [0.2, 0.25) is 0 Å². The fourth-order valence-corrected chi connectivity index (χ4v) is 2.40. The second-order valence-electron chi connectivity index (χ2n) is 5.53. The first kappa shape index (κ1) is 15.8. The minimum atomic E-state index is -0.301. The van der Waals surface area contributed by atoms with E-state index in [-0.39, 0.29) is 12.7 Å². The largest absolute Gasteiger partial charge is 0.454 e. The van der Waals surface area contributed by atoms with E-state index in [1.807, 2.05) is 12.1 Å². The van der Waals surface area contributed by atoms with Gasteiger partial charge in [-0.2, -0.15) is 0 Å². The number of hydrogen-bond donors (Lipinski definition) is 2. The Labute approximate surface area is 149 Å². The van der Waals surface area contributed by atoms with Crippen molar-refractivity contribution in [1.29, 1.82) is 0 Å². The summed E-state index contributed by atoms with van der Waals surface area (Å²) in [6.45, 7) is 0.764. The zero-order chi connectivity index (χ0) is 17.8. The molecule has 8 heteroatoms. The molecule has 0 fully saturated rings. The normalized spacial score (nSPS) is 11.8. The summed E-state index contributed by atoms with van der Waals surface area (Å²) < 4.78 is 10.5. The van der Waals surface area contributed by atoms with Crippen molar-refractivity contribution in [3.05, 3.63) is 66.2 Å². The molecule has 0 saturated carbocycles. The van der Waals surface area contributed by atoms with Gasteiger partial charge in [0.1, 0.15) is 0 Å². The van der Waals surface area contributed by atoms with Crippen LogP contribution in [0.15, 0.2) is 55.1 Å². The molecule has 2 N–H and O–H groups in total. The molecule has 0 saturated heterocycles. The SMILES string of the molecule is O=C(Nc1ccc2c(c1)OCO2)c1cnc(NCc2ccncc2)nc1. The molecule has 0 spiro atoms. The predicted molar refractivity (Wildman–Crippen MR) is 94.1 cm³/mol. The molecule has 26 heavy (non-hydrogen) atoms. The summed E-state index contributed by atoms with van der Waals surface area (Å²) in [7, 11) is 0. The summed E-state index contributed by atoms with van der Waals surface area (Å²) in [4.78, 5) is 24.6. The summed E-state index contributed by atoms with van der Waals surface area (Å²) >= 11 is 0. The number of ether oxygens (including phenoxy) is 2. The minimum absolute atomic E-state index is 0.189. The van der Waals surface area contributed by atoms with E-state index in [0.717, 1.165) is 5.56 Å². The first-order chi connectivity index (χ1) is 12.8. The van der Waals surface area contributed by atoms with E-state index < -0.39 is 0 Å². The molecule has 0 unspecified atom stereocenters. The molecule has 130 valence electrons. The zero-order valence-corrected chi connectivity index (χ0v) is 13.7. The summed E-state index contributed by atoms with van der Waals surface area (Å²) in [5, 5.41) is 5.88. The monoisotopic (exact) mass is 349 g/mol. The Kier molecular flexibility index (Phi) is 4.29. The third-order valence-corrected chi connectivity index (χ3v) is 3.74. The number of rotatable bonds is 5. The van der Waals surface area contributed by atoms with Gasteiger partial charge in [0.25, 0.3) is 5.91 Å². The van der Waals surface area contributed by atoms with Crippen molar-refractivity contribution < 1.29 is 14.3 Å². The predicted octanol–water partition coefficient (Wildman–Crippen LogP) is 2.46. The molecule has 3 heterocycles. The highest BCUT2D eigenvalue weighted by Gasteiger charge is 2.15. The van der Waals surface area contributed by atoms with Crippen molar-refractivity contribution in [1.82, 2.24) is 15.0 Å². The Morgan fingerprint density at radius 1 is 1.04 bits per heavy atom. The van der Waals surface area contributed by atoms with E-state index in [9.17, 15) is 4.79 Å². The van der Waals surface area contributed by atoms with Crippen LogP contribution in [0.3, 0.4) is 0 Å². The Bertz CT molecular complexity index is 916. The van der Waals surface area contributed by atoms with Crippen LogP contribution in [-0.4, -0.2) is 27.7 Å². The minimum Gasteiger partial charge on any atom is -0.454 e. The van der Waals surface area contributed by atoms with Gasteiger partial charge in [-0.05, 0) is 29.8 Å². The van der Waals surface area contributed by atoms with E-state index in [1.54, 1.807) is 30.6 Å². The fraction of sp³-hybridized carbons (Fsp3) is 0.111. The number of carbonyl (C=O) groups excluding carboxylic acids is 1. The van der Waals surface area contributed by atoms with E-state index >= 15 is 0 Å². The maximum atomic E-state index is 12.3. The van der Waals surface area contributed by atoms with E-state index in [4.69, 9.17) is 9.47 Å². The number of nitrogens with one attached hydrogen (secondary N) is 2. The van der Waals surface area contributed by atoms with Crippen LogP contribution in [0.4, 0.5) is 11.6 Å². The van der Waals surface area contributed by atoms with Crippen molar-refractivity contribution in [2.75, 3.05) is 17.4 Å². The standard InChI is InChI=1S/C18H15N5O3/c24-17(23-14-1-2-15-16(7-14)26-11-25-15)13-9-21-18(22-10-13)20-8-12-3-5-19-6-4-12/h1-7,9-10H,8,11H2,(H,23,24)(H,20,21,22). The van der Waals surface area contributed by atoms with Crippen LogP contribution >= 0.6 is 0 Å². The van der Waals surface area contributed by atoms with Crippen LogP contribution < -0.4 is 20.1 Å². The maximum absolute atomic E-state index is 12.3. The molecule has 1 amide bonds. The van der Waals surface area contributed by atoms with Gasteiger partial charge in [-0.25, -0.2) is 9.97 Å². The van der Waals surface area contributed by atoms with Crippen molar-refractivity contribution in [3.63, 3.8) is 0 Å². The van der Waals surface area contributed by atoms with E-state index in [2.05, 4.69) is 25.6 Å². The van der Waals surface area contributed by atoms with Gasteiger partial charge in [-0.15, -0.1) is 0 Å². The lowest BCUT2D eigenvalue weighted by Crippen LogP contribution is -2.13. The topological polar surface area (TPSA) is 98.3 Å². The lowest BCUT2D eigenvalue weighted by Gasteiger charge is -2.07. The number of hydrogen-bond acceptors (Lipinski definition) is 7. The lowest BCUT2D eigenvalue weighted by atomic mass is 10.2. The highest BCUT2D eigenvalue weighted by Crippen LogP contribution is 2.34. The van der Waals surface area contributed by atoms with Gasteiger partial charge in [-0.3, -0.25) is 9.78 Å². The molecule has 0 atom stereocenters. The van der Waals surface area contributed by atoms with Gasteiger partial charge >= 0.3 is 0 Å². The van der Waals surface area contributed by atoms with Crippen LogP contribution in [-0.2, 0) is 6.54 Å². The number of benzene rings is 1. The van der Waals surface area contributed by atoms with Crippen LogP contribution in [0.25, 0.3) is 0 Å². The highest BCUT2D eigenvalue weighted by molar-refractivity contribution is 6.04. The molecule has 1 aliphatic rings. The molecule has 1 aliphatic heterocycles. The van der Waals surface area contributed by atoms with E-state index in [1.165, 1.54) is 12.4 Å². The van der Waals surface area contributed by atoms with Gasteiger partial charge in [0.05, 0.1) is 5.56 Å².